The van der Waals surface area contributed by atoms with Gasteiger partial charge in [0.05, 0.1) is 17.2 Å². The van der Waals surface area contributed by atoms with E-state index in [9.17, 15) is 14.7 Å². The van der Waals surface area contributed by atoms with Crippen LogP contribution < -0.4 is 5.56 Å². The van der Waals surface area contributed by atoms with Gasteiger partial charge in [0, 0.05) is 10.3 Å². The quantitative estimate of drug-likeness (QED) is 0.485. The Kier molecular flexibility index (Phi) is 4.47. The maximum Gasteiger partial charge on any atom is 0.284 e. The van der Waals surface area contributed by atoms with Crippen molar-refractivity contribution in [2.24, 2.45) is 16.1 Å². The van der Waals surface area contributed by atoms with Gasteiger partial charge in [-0.15, -0.1) is 21.6 Å². The van der Waals surface area contributed by atoms with Gasteiger partial charge in [0.15, 0.2) is 5.69 Å². The van der Waals surface area contributed by atoms with E-state index >= 15 is 0 Å². The van der Waals surface area contributed by atoms with E-state index < -0.39 is 5.91 Å². The highest BCUT2D eigenvalue weighted by Gasteiger charge is 2.23. The molecule has 1 atom stereocenters. The van der Waals surface area contributed by atoms with E-state index in [0.29, 0.717) is 22.2 Å². The molecule has 1 unspecified atom stereocenters. The van der Waals surface area contributed by atoms with Crippen LogP contribution in [-0.2, 0) is 24.2 Å². The molecule has 152 valence electrons. The predicted octanol–water partition coefficient (Wildman–Crippen LogP) is 4.08. The first-order chi connectivity index (χ1) is 14.5. The van der Waals surface area contributed by atoms with Crippen molar-refractivity contribution in [3.8, 4) is 5.88 Å². The maximum atomic E-state index is 13.0. The summed E-state index contributed by atoms with van der Waals surface area (Å²) in [5.74, 6) is -0.150. The van der Waals surface area contributed by atoms with Crippen molar-refractivity contribution in [2.75, 3.05) is 0 Å². The van der Waals surface area contributed by atoms with E-state index in [1.807, 2.05) is 6.07 Å². The fourth-order valence-electron chi connectivity index (χ4n) is 3.98. The molecular formula is C21H19N5O3S. The van der Waals surface area contributed by atoms with Crippen LogP contribution in [0.15, 0.2) is 45.6 Å². The van der Waals surface area contributed by atoms with Gasteiger partial charge in [0.1, 0.15) is 11.4 Å². The number of H-pyrrole nitrogens is 1. The molecule has 0 saturated heterocycles. The maximum absolute atomic E-state index is 13.0. The molecule has 0 radical (unpaired) electrons. The molecule has 1 aromatic carbocycles. The summed E-state index contributed by atoms with van der Waals surface area (Å²) in [5.41, 5.74) is 1.75. The molecule has 0 bridgehead atoms. The van der Waals surface area contributed by atoms with Gasteiger partial charge >= 0.3 is 0 Å². The standard InChI is InChI=1S/C21H19N5O3S/c1-11-6-7-13-15(8-11)30-20-17(13)21(29)26(10-22-20)9-16(27)24-25-18-12-4-2-3-5-14(12)23-19(18)28/h2-5,10-11,23,28H,6-9H2,1H3. The molecule has 2 N–H and O–H groups in total. The van der Waals surface area contributed by atoms with Crippen molar-refractivity contribution >= 4 is 44.1 Å². The van der Waals surface area contributed by atoms with Crippen LogP contribution in [0, 0.1) is 5.92 Å². The Morgan fingerprint density at radius 3 is 3.10 bits per heavy atom. The van der Waals surface area contributed by atoms with E-state index in [-0.39, 0.29) is 23.7 Å². The minimum Gasteiger partial charge on any atom is -0.493 e. The van der Waals surface area contributed by atoms with Gasteiger partial charge in [-0.05, 0) is 36.8 Å². The number of thiophene rings is 1. The SMILES string of the molecule is CC1CCc2c(sc3ncn(CC(=O)N=Nc4c(O)[nH]c5ccccc45)c(=O)c23)C1. The van der Waals surface area contributed by atoms with Crippen LogP contribution >= 0.6 is 11.3 Å². The molecular weight excluding hydrogens is 402 g/mol. The van der Waals surface area contributed by atoms with Gasteiger partial charge in [-0.1, -0.05) is 25.1 Å². The molecule has 30 heavy (non-hydrogen) atoms. The number of rotatable bonds is 3. The summed E-state index contributed by atoms with van der Waals surface area (Å²) in [6.07, 6.45) is 4.28. The van der Waals surface area contributed by atoms with Crippen LogP contribution in [0.4, 0.5) is 5.69 Å². The highest BCUT2D eigenvalue weighted by molar-refractivity contribution is 7.18. The van der Waals surface area contributed by atoms with Gasteiger partial charge in [-0.3, -0.25) is 14.2 Å². The summed E-state index contributed by atoms with van der Waals surface area (Å²) in [7, 11) is 0. The minimum absolute atomic E-state index is 0.160. The van der Waals surface area contributed by atoms with Crippen molar-refractivity contribution in [2.45, 2.75) is 32.7 Å². The smallest absolute Gasteiger partial charge is 0.284 e. The fraction of sp³-hybridized carbons (Fsp3) is 0.286. The van der Waals surface area contributed by atoms with Crippen LogP contribution in [0.25, 0.3) is 21.1 Å². The number of aromatic amines is 1. The lowest BCUT2D eigenvalue weighted by molar-refractivity contribution is -0.118. The number of nitrogens with one attached hydrogen (secondary N) is 1. The second-order valence-corrected chi connectivity index (χ2v) is 8.75. The van der Waals surface area contributed by atoms with E-state index in [1.54, 1.807) is 29.5 Å². The monoisotopic (exact) mass is 421 g/mol. The Hall–Kier alpha value is -3.33. The zero-order chi connectivity index (χ0) is 20.8. The topological polar surface area (TPSA) is 113 Å². The van der Waals surface area contributed by atoms with Crippen LogP contribution in [0.1, 0.15) is 23.8 Å². The molecule has 1 aliphatic rings. The van der Waals surface area contributed by atoms with Crippen molar-refractivity contribution in [3.05, 3.63) is 51.4 Å². The third-order valence-corrected chi connectivity index (χ3v) is 6.67. The van der Waals surface area contributed by atoms with E-state index in [1.165, 1.54) is 15.8 Å². The Morgan fingerprint density at radius 2 is 2.23 bits per heavy atom. The number of aryl methyl sites for hydroxylation is 1. The first-order valence-electron chi connectivity index (χ1n) is 9.75. The number of benzene rings is 1. The highest BCUT2D eigenvalue weighted by atomic mass is 32.1. The summed E-state index contributed by atoms with van der Waals surface area (Å²) >= 11 is 1.57. The second-order valence-electron chi connectivity index (χ2n) is 7.67. The lowest BCUT2D eigenvalue weighted by Gasteiger charge is -2.17. The van der Waals surface area contributed by atoms with E-state index in [2.05, 4.69) is 27.1 Å². The lowest BCUT2D eigenvalue weighted by Crippen LogP contribution is -2.24. The minimum atomic E-state index is -0.597. The van der Waals surface area contributed by atoms with Gasteiger partial charge in [-0.25, -0.2) is 4.98 Å². The Balaban J connectivity index is 1.43. The van der Waals surface area contributed by atoms with Crippen molar-refractivity contribution in [1.82, 2.24) is 14.5 Å². The van der Waals surface area contributed by atoms with Crippen molar-refractivity contribution in [1.29, 1.82) is 0 Å². The van der Waals surface area contributed by atoms with Crippen LogP contribution in [-0.4, -0.2) is 25.5 Å². The third kappa shape index (κ3) is 3.11. The molecule has 8 nitrogen and oxygen atoms in total. The largest absolute Gasteiger partial charge is 0.493 e. The molecule has 3 aromatic heterocycles. The Morgan fingerprint density at radius 1 is 1.40 bits per heavy atom. The second kappa shape index (κ2) is 7.17. The summed E-state index contributed by atoms with van der Waals surface area (Å²) in [4.78, 5) is 34.5. The van der Waals surface area contributed by atoms with Gasteiger partial charge in [-0.2, -0.15) is 0 Å². The number of azo groups is 1. The fourth-order valence-corrected chi connectivity index (χ4v) is 5.32. The molecule has 1 aliphatic carbocycles. The Bertz CT molecular complexity index is 1380. The number of hydrogen-bond donors (Lipinski definition) is 2. The van der Waals surface area contributed by atoms with Gasteiger partial charge < -0.3 is 10.1 Å². The van der Waals surface area contributed by atoms with Crippen molar-refractivity contribution < 1.29 is 9.90 Å². The number of aromatic nitrogens is 3. The van der Waals surface area contributed by atoms with Crippen LogP contribution in [0.5, 0.6) is 5.88 Å². The van der Waals surface area contributed by atoms with Gasteiger partial charge in [0.25, 0.3) is 11.5 Å². The predicted molar refractivity (Wildman–Crippen MR) is 115 cm³/mol. The number of fused-ring (bicyclic) bond motifs is 4. The number of para-hydroxylation sites is 1. The molecule has 1 amide bonds. The summed E-state index contributed by atoms with van der Waals surface area (Å²) in [6.45, 7) is 1.96. The number of aromatic hydroxyl groups is 1. The molecule has 5 rings (SSSR count). The molecule has 9 heteroatoms. The number of amides is 1. The number of carbonyl (C=O) groups is 1. The molecule has 0 aliphatic heterocycles. The Labute approximate surface area is 174 Å². The average Bonchev–Trinajstić information content (AvgIpc) is 3.25. The van der Waals surface area contributed by atoms with Crippen LogP contribution in [0.2, 0.25) is 0 Å². The zero-order valence-corrected chi connectivity index (χ0v) is 17.1. The highest BCUT2D eigenvalue weighted by Crippen LogP contribution is 2.36. The molecule has 0 saturated carbocycles. The molecule has 0 fully saturated rings. The number of hydrogen-bond acceptors (Lipinski definition) is 6. The number of nitrogens with zero attached hydrogens (tertiary/aromatic N) is 4. The van der Waals surface area contributed by atoms with Crippen LogP contribution in [0.3, 0.4) is 0 Å². The third-order valence-electron chi connectivity index (χ3n) is 5.51. The van der Waals surface area contributed by atoms with E-state index in [4.69, 9.17) is 0 Å². The molecule has 4 aromatic rings. The first-order valence-corrected chi connectivity index (χ1v) is 10.6. The van der Waals surface area contributed by atoms with Gasteiger partial charge in [0.2, 0.25) is 5.88 Å². The zero-order valence-electron chi connectivity index (χ0n) is 16.3. The number of carbonyl (C=O) groups excluding carboxylic acids is 1. The van der Waals surface area contributed by atoms with Crippen molar-refractivity contribution in [3.63, 3.8) is 0 Å². The van der Waals surface area contributed by atoms with E-state index in [0.717, 1.165) is 29.7 Å². The summed E-state index contributed by atoms with van der Waals surface area (Å²) in [5, 5.41) is 18.9. The average molecular weight is 421 g/mol. The summed E-state index contributed by atoms with van der Waals surface area (Å²) in [6, 6.07) is 7.19. The summed E-state index contributed by atoms with van der Waals surface area (Å²) < 4.78 is 1.28. The first kappa shape index (κ1) is 18.7. The normalized spacial score (nSPS) is 16.5. The lowest BCUT2D eigenvalue weighted by atomic mass is 9.89. The molecule has 0 spiro atoms. The molecule has 3 heterocycles.